The smallest absolute Gasteiger partial charge is 0.313 e. The second kappa shape index (κ2) is 5.67. The maximum Gasteiger partial charge on any atom is 0.313 e. The van der Waals surface area contributed by atoms with E-state index in [0.29, 0.717) is 10.1 Å². The first-order valence-corrected chi connectivity index (χ1v) is 6.78. The van der Waals surface area contributed by atoms with Crippen molar-refractivity contribution in [2.24, 2.45) is 0 Å². The quantitative estimate of drug-likeness (QED) is 0.489. The van der Waals surface area contributed by atoms with Crippen LogP contribution in [0.2, 0.25) is 5.02 Å². The van der Waals surface area contributed by atoms with Crippen LogP contribution in [0, 0.1) is 5.82 Å². The lowest BCUT2D eigenvalue weighted by atomic mass is 10.2. The number of hydrogen-bond donors (Lipinski definition) is 0. The predicted molar refractivity (Wildman–Crippen MR) is 72.4 cm³/mol. The third kappa shape index (κ3) is 2.93. The molecule has 0 N–H and O–H groups in total. The first kappa shape index (κ1) is 14.0. The summed E-state index contributed by atoms with van der Waals surface area (Å²) in [7, 11) is 0. The Kier molecular flexibility index (Phi) is 4.17. The summed E-state index contributed by atoms with van der Waals surface area (Å²) in [4.78, 5) is 23.5. The van der Waals surface area contributed by atoms with Gasteiger partial charge in [0.2, 0.25) is 0 Å². The molecule has 1 heterocycles. The highest BCUT2D eigenvalue weighted by Crippen LogP contribution is 2.36. The summed E-state index contributed by atoms with van der Waals surface area (Å²) in [6.07, 6.45) is -0.358. The van der Waals surface area contributed by atoms with Crippen molar-refractivity contribution in [1.82, 2.24) is 0 Å². The molecule has 0 saturated heterocycles. The summed E-state index contributed by atoms with van der Waals surface area (Å²) in [5.41, 5.74) is 0. The molecule has 100 valence electrons. The number of rotatable bonds is 4. The Labute approximate surface area is 117 Å². The monoisotopic (exact) mass is 300 g/mol. The molecule has 0 radical (unpaired) electrons. The van der Waals surface area contributed by atoms with Crippen molar-refractivity contribution in [3.63, 3.8) is 0 Å². The second-order valence-electron chi connectivity index (χ2n) is 3.79. The van der Waals surface area contributed by atoms with Crippen molar-refractivity contribution in [3.8, 4) is 0 Å². The highest BCUT2D eigenvalue weighted by Gasteiger charge is 2.20. The van der Waals surface area contributed by atoms with Gasteiger partial charge in [-0.2, -0.15) is 0 Å². The van der Waals surface area contributed by atoms with Crippen LogP contribution >= 0.6 is 22.9 Å². The van der Waals surface area contributed by atoms with Crippen LogP contribution in [0.15, 0.2) is 18.2 Å². The predicted octanol–water partition coefficient (Wildman–Crippen LogP) is 3.83. The topological polar surface area (TPSA) is 43.4 Å². The van der Waals surface area contributed by atoms with Gasteiger partial charge in [0.1, 0.15) is 12.2 Å². The van der Waals surface area contributed by atoms with Gasteiger partial charge in [-0.05, 0) is 25.1 Å². The number of thiophene rings is 1. The molecule has 2 aromatic rings. The normalized spacial score (nSPS) is 10.7. The van der Waals surface area contributed by atoms with Crippen LogP contribution in [0.3, 0.4) is 0 Å². The molecule has 0 spiro atoms. The molecular weight excluding hydrogens is 291 g/mol. The average Bonchev–Trinajstić information content (AvgIpc) is 2.66. The minimum atomic E-state index is -0.591. The maximum absolute atomic E-state index is 13.1. The number of ketones is 1. The van der Waals surface area contributed by atoms with Gasteiger partial charge in [0.05, 0.1) is 16.5 Å². The Balaban J connectivity index is 2.32. The van der Waals surface area contributed by atoms with Crippen molar-refractivity contribution in [3.05, 3.63) is 33.9 Å². The number of fused-ring (bicyclic) bond motifs is 1. The van der Waals surface area contributed by atoms with Gasteiger partial charge in [-0.3, -0.25) is 9.59 Å². The summed E-state index contributed by atoms with van der Waals surface area (Å²) < 4.78 is 18.4. The molecule has 1 aromatic heterocycles. The van der Waals surface area contributed by atoms with E-state index in [1.807, 2.05) is 0 Å². The third-order valence-electron chi connectivity index (χ3n) is 2.45. The van der Waals surface area contributed by atoms with Crippen LogP contribution in [-0.4, -0.2) is 18.4 Å². The standard InChI is InChI=1S/C13H10ClFO3S/c1-2-18-11(17)6-9(16)13-12(14)8-4-3-7(15)5-10(8)19-13/h3-5H,2,6H2,1H3. The minimum absolute atomic E-state index is 0.220. The zero-order valence-corrected chi connectivity index (χ0v) is 11.6. The molecule has 0 aliphatic carbocycles. The number of ether oxygens (including phenoxy) is 1. The maximum atomic E-state index is 13.1. The van der Waals surface area contributed by atoms with Crippen molar-refractivity contribution < 1.29 is 18.7 Å². The van der Waals surface area contributed by atoms with Gasteiger partial charge in [0.15, 0.2) is 5.78 Å². The second-order valence-corrected chi connectivity index (χ2v) is 5.22. The first-order valence-electron chi connectivity index (χ1n) is 5.59. The number of Topliss-reactive ketones (excluding diaryl/α,β-unsaturated/α-hetero) is 1. The molecule has 2 rings (SSSR count). The van der Waals surface area contributed by atoms with Crippen LogP contribution in [0.4, 0.5) is 4.39 Å². The molecule has 1 aromatic carbocycles. The number of carbonyl (C=O) groups is 2. The van der Waals surface area contributed by atoms with E-state index in [9.17, 15) is 14.0 Å². The highest BCUT2D eigenvalue weighted by atomic mass is 35.5. The SMILES string of the molecule is CCOC(=O)CC(=O)c1sc2cc(F)ccc2c1Cl. The van der Waals surface area contributed by atoms with Gasteiger partial charge in [0, 0.05) is 10.1 Å². The van der Waals surface area contributed by atoms with Crippen molar-refractivity contribution >= 4 is 44.8 Å². The summed E-state index contributed by atoms with van der Waals surface area (Å²) >= 11 is 7.16. The van der Waals surface area contributed by atoms with E-state index in [0.717, 1.165) is 11.3 Å². The lowest BCUT2D eigenvalue weighted by molar-refractivity contribution is -0.141. The van der Waals surface area contributed by atoms with Crippen molar-refractivity contribution in [1.29, 1.82) is 0 Å². The number of hydrogen-bond acceptors (Lipinski definition) is 4. The molecule has 6 heteroatoms. The lowest BCUT2D eigenvalue weighted by Crippen LogP contribution is -2.10. The first-order chi connectivity index (χ1) is 9.02. The Morgan fingerprint density at radius 2 is 2.16 bits per heavy atom. The molecule has 3 nitrogen and oxygen atoms in total. The van der Waals surface area contributed by atoms with E-state index in [4.69, 9.17) is 16.3 Å². The van der Waals surface area contributed by atoms with E-state index in [2.05, 4.69) is 0 Å². The van der Waals surface area contributed by atoms with Crippen molar-refractivity contribution in [2.75, 3.05) is 6.61 Å². The largest absolute Gasteiger partial charge is 0.466 e. The van der Waals surface area contributed by atoms with E-state index in [1.54, 1.807) is 6.92 Å². The molecule has 0 aliphatic heterocycles. The van der Waals surface area contributed by atoms with Gasteiger partial charge in [-0.25, -0.2) is 4.39 Å². The van der Waals surface area contributed by atoms with E-state index in [-0.39, 0.29) is 22.9 Å². The highest BCUT2D eigenvalue weighted by molar-refractivity contribution is 7.21. The van der Waals surface area contributed by atoms with E-state index < -0.39 is 17.6 Å². The Morgan fingerprint density at radius 1 is 1.42 bits per heavy atom. The number of esters is 1. The van der Waals surface area contributed by atoms with Crippen LogP contribution in [0.25, 0.3) is 10.1 Å². The molecule has 19 heavy (non-hydrogen) atoms. The van der Waals surface area contributed by atoms with Crippen LogP contribution in [0.1, 0.15) is 23.0 Å². The van der Waals surface area contributed by atoms with Gasteiger partial charge < -0.3 is 4.74 Å². The van der Waals surface area contributed by atoms with E-state index in [1.165, 1.54) is 18.2 Å². The fraction of sp³-hybridized carbons (Fsp3) is 0.231. The third-order valence-corrected chi connectivity index (χ3v) is 4.15. The summed E-state index contributed by atoms with van der Waals surface area (Å²) in [5.74, 6) is -1.40. The zero-order chi connectivity index (χ0) is 14.0. The molecule has 0 amide bonds. The van der Waals surface area contributed by atoms with Gasteiger partial charge in [-0.15, -0.1) is 11.3 Å². The average molecular weight is 301 g/mol. The molecule has 0 saturated carbocycles. The van der Waals surface area contributed by atoms with Crippen molar-refractivity contribution in [2.45, 2.75) is 13.3 Å². The van der Waals surface area contributed by atoms with Gasteiger partial charge >= 0.3 is 5.97 Å². The summed E-state index contributed by atoms with van der Waals surface area (Å²) in [6, 6.07) is 4.11. The Bertz CT molecular complexity index is 651. The number of benzene rings is 1. The fourth-order valence-electron chi connectivity index (χ4n) is 1.64. The number of carbonyl (C=O) groups excluding carboxylic acids is 2. The lowest BCUT2D eigenvalue weighted by Gasteiger charge is -1.99. The summed E-state index contributed by atoms with van der Waals surface area (Å²) in [6.45, 7) is 1.88. The summed E-state index contributed by atoms with van der Waals surface area (Å²) in [5, 5.41) is 0.870. The minimum Gasteiger partial charge on any atom is -0.466 e. The molecule has 0 unspecified atom stereocenters. The molecule has 0 fully saturated rings. The number of halogens is 2. The Hall–Kier alpha value is -1.46. The van der Waals surface area contributed by atoms with Gasteiger partial charge in [0.25, 0.3) is 0 Å². The van der Waals surface area contributed by atoms with Gasteiger partial charge in [-0.1, -0.05) is 11.6 Å². The van der Waals surface area contributed by atoms with Crippen LogP contribution < -0.4 is 0 Å². The zero-order valence-electron chi connectivity index (χ0n) is 10.0. The molecule has 0 bridgehead atoms. The molecule has 0 aliphatic rings. The molecule has 0 atom stereocenters. The van der Waals surface area contributed by atoms with Crippen LogP contribution in [-0.2, 0) is 9.53 Å². The van der Waals surface area contributed by atoms with E-state index >= 15 is 0 Å². The van der Waals surface area contributed by atoms with Crippen LogP contribution in [0.5, 0.6) is 0 Å². The Morgan fingerprint density at radius 3 is 2.84 bits per heavy atom. The molecular formula is C13H10ClFO3S. The fourth-order valence-corrected chi connectivity index (χ4v) is 3.14.